The molecule has 0 aromatic heterocycles. The van der Waals surface area contributed by atoms with Gasteiger partial charge < -0.3 is 9.47 Å². The van der Waals surface area contributed by atoms with Gasteiger partial charge >= 0.3 is 5.97 Å². The molecule has 0 atom stereocenters. The van der Waals surface area contributed by atoms with Crippen LogP contribution in [0, 0.1) is 10.1 Å². The highest BCUT2D eigenvalue weighted by Crippen LogP contribution is 2.21. The van der Waals surface area contributed by atoms with Gasteiger partial charge in [0, 0.05) is 17.7 Å². The minimum absolute atomic E-state index is 0.0438. The van der Waals surface area contributed by atoms with Crippen molar-refractivity contribution in [2.24, 2.45) is 4.99 Å². The molecule has 2 aromatic carbocycles. The third kappa shape index (κ3) is 3.14. The van der Waals surface area contributed by atoms with Crippen molar-refractivity contribution >= 4 is 23.6 Å². The van der Waals surface area contributed by atoms with Crippen molar-refractivity contribution in [3.05, 3.63) is 75.5 Å². The van der Waals surface area contributed by atoms with Gasteiger partial charge in [0.15, 0.2) is 5.70 Å². The molecule has 7 nitrogen and oxygen atoms in total. The number of aliphatic imine (C=N–C) groups is 1. The van der Waals surface area contributed by atoms with Gasteiger partial charge in [-0.15, -0.1) is 0 Å². The maximum atomic E-state index is 11.9. The Hall–Kier alpha value is -3.48. The number of hydrogen-bond acceptors (Lipinski definition) is 6. The third-order valence-corrected chi connectivity index (χ3v) is 3.36. The van der Waals surface area contributed by atoms with E-state index in [0.717, 1.165) is 5.56 Å². The number of methoxy groups -OCH3 is 1. The van der Waals surface area contributed by atoms with Crippen molar-refractivity contribution in [3.63, 3.8) is 0 Å². The van der Waals surface area contributed by atoms with Crippen molar-refractivity contribution in [2.45, 2.75) is 0 Å². The molecule has 0 spiro atoms. The summed E-state index contributed by atoms with van der Waals surface area (Å²) < 4.78 is 10.2. The molecule has 0 radical (unpaired) electrons. The van der Waals surface area contributed by atoms with E-state index >= 15 is 0 Å². The van der Waals surface area contributed by atoms with E-state index in [2.05, 4.69) is 4.99 Å². The second-order valence-electron chi connectivity index (χ2n) is 4.91. The molecular weight excluding hydrogens is 312 g/mol. The van der Waals surface area contributed by atoms with Gasteiger partial charge in [0.2, 0.25) is 5.90 Å². The Balaban J connectivity index is 1.86. The number of carbonyl (C=O) groups is 1. The van der Waals surface area contributed by atoms with Crippen molar-refractivity contribution in [3.8, 4) is 5.75 Å². The Bertz CT molecular complexity index is 852. The van der Waals surface area contributed by atoms with Crippen LogP contribution in [0.15, 0.2) is 59.2 Å². The molecule has 24 heavy (non-hydrogen) atoms. The highest BCUT2D eigenvalue weighted by Gasteiger charge is 2.24. The monoisotopic (exact) mass is 324 g/mol. The molecule has 0 amide bonds. The van der Waals surface area contributed by atoms with Crippen molar-refractivity contribution in [1.29, 1.82) is 0 Å². The van der Waals surface area contributed by atoms with E-state index in [1.165, 1.54) is 24.3 Å². The molecule has 0 unspecified atom stereocenters. The van der Waals surface area contributed by atoms with E-state index < -0.39 is 10.9 Å². The predicted molar refractivity (Wildman–Crippen MR) is 86.7 cm³/mol. The number of nitrogens with zero attached hydrogens (tertiary/aromatic N) is 2. The second kappa shape index (κ2) is 6.33. The zero-order valence-electron chi connectivity index (χ0n) is 12.6. The number of nitro benzene ring substituents is 1. The van der Waals surface area contributed by atoms with Gasteiger partial charge in [-0.3, -0.25) is 10.1 Å². The van der Waals surface area contributed by atoms with E-state index in [4.69, 9.17) is 9.47 Å². The van der Waals surface area contributed by atoms with E-state index in [9.17, 15) is 14.9 Å². The normalized spacial score (nSPS) is 15.1. The third-order valence-electron chi connectivity index (χ3n) is 3.36. The zero-order chi connectivity index (χ0) is 17.1. The molecule has 0 saturated heterocycles. The van der Waals surface area contributed by atoms with Crippen LogP contribution in [0.5, 0.6) is 5.75 Å². The average molecular weight is 324 g/mol. The van der Waals surface area contributed by atoms with Crippen LogP contribution in [0.3, 0.4) is 0 Å². The van der Waals surface area contributed by atoms with Gasteiger partial charge in [0.25, 0.3) is 5.69 Å². The van der Waals surface area contributed by atoms with Crippen LogP contribution in [-0.2, 0) is 9.53 Å². The highest BCUT2D eigenvalue weighted by molar-refractivity contribution is 6.12. The Morgan fingerprint density at radius 3 is 2.38 bits per heavy atom. The van der Waals surface area contributed by atoms with Gasteiger partial charge in [-0.1, -0.05) is 12.1 Å². The summed E-state index contributed by atoms with van der Waals surface area (Å²) in [7, 11) is 1.57. The number of benzene rings is 2. The Morgan fingerprint density at radius 1 is 1.12 bits per heavy atom. The van der Waals surface area contributed by atoms with Gasteiger partial charge in [-0.25, -0.2) is 9.79 Å². The fourth-order valence-corrected chi connectivity index (χ4v) is 2.12. The number of carbonyl (C=O) groups excluding carboxylic acids is 1. The number of ether oxygens (including phenoxy) is 2. The number of nitro groups is 1. The Kier molecular flexibility index (Phi) is 4.07. The SMILES string of the molecule is COc1ccc(/C=C2\N=C(c3ccc([N+](=O)[O-])cc3)OC2=O)cc1. The van der Waals surface area contributed by atoms with Gasteiger partial charge in [0.05, 0.1) is 12.0 Å². The van der Waals surface area contributed by atoms with Crippen LogP contribution in [0.1, 0.15) is 11.1 Å². The first-order chi connectivity index (χ1) is 11.6. The lowest BCUT2D eigenvalue weighted by Crippen LogP contribution is -2.05. The Morgan fingerprint density at radius 2 is 1.79 bits per heavy atom. The van der Waals surface area contributed by atoms with Crippen LogP contribution >= 0.6 is 0 Å². The summed E-state index contributed by atoms with van der Waals surface area (Å²) in [6, 6.07) is 12.8. The van der Waals surface area contributed by atoms with Crippen LogP contribution < -0.4 is 4.74 Å². The standard InChI is InChI=1S/C17H12N2O5/c1-23-14-8-2-11(3-9-14)10-15-17(20)24-16(18-15)12-4-6-13(7-5-12)19(21)22/h2-10H,1H3/b15-10-. The molecule has 3 rings (SSSR count). The maximum Gasteiger partial charge on any atom is 0.363 e. The van der Waals surface area contributed by atoms with Crippen molar-refractivity contribution in [2.75, 3.05) is 7.11 Å². The lowest BCUT2D eigenvalue weighted by Gasteiger charge is -1.99. The first-order valence-corrected chi connectivity index (χ1v) is 6.98. The number of rotatable bonds is 4. The fraction of sp³-hybridized carbons (Fsp3) is 0.0588. The maximum absolute atomic E-state index is 11.9. The number of cyclic esters (lactones) is 1. The van der Waals surface area contributed by atoms with E-state index in [0.29, 0.717) is 11.3 Å². The van der Waals surface area contributed by atoms with Gasteiger partial charge in [0.1, 0.15) is 5.75 Å². The van der Waals surface area contributed by atoms with Crippen molar-refractivity contribution < 1.29 is 19.2 Å². The molecule has 1 heterocycles. The van der Waals surface area contributed by atoms with E-state index in [-0.39, 0.29) is 17.3 Å². The van der Waals surface area contributed by atoms with E-state index in [1.807, 2.05) is 0 Å². The van der Waals surface area contributed by atoms with Gasteiger partial charge in [-0.05, 0) is 35.9 Å². The lowest BCUT2D eigenvalue weighted by molar-refractivity contribution is -0.384. The number of esters is 1. The highest BCUT2D eigenvalue weighted by atomic mass is 16.6. The summed E-state index contributed by atoms with van der Waals surface area (Å²) in [5.74, 6) is 0.259. The zero-order valence-corrected chi connectivity index (χ0v) is 12.6. The Labute approximate surface area is 137 Å². The molecule has 7 heteroatoms. The fourth-order valence-electron chi connectivity index (χ4n) is 2.12. The first-order valence-electron chi connectivity index (χ1n) is 6.98. The molecule has 0 fully saturated rings. The second-order valence-corrected chi connectivity index (χ2v) is 4.91. The average Bonchev–Trinajstić information content (AvgIpc) is 2.96. The summed E-state index contributed by atoms with van der Waals surface area (Å²) in [4.78, 5) is 26.2. The van der Waals surface area contributed by atoms with Crippen LogP contribution in [0.4, 0.5) is 5.69 Å². The molecular formula is C17H12N2O5. The summed E-state index contributed by atoms with van der Waals surface area (Å²) in [5, 5.41) is 10.7. The molecule has 120 valence electrons. The molecule has 0 aliphatic carbocycles. The first kappa shape index (κ1) is 15.4. The van der Waals surface area contributed by atoms with Crippen LogP contribution in [-0.4, -0.2) is 23.9 Å². The topological polar surface area (TPSA) is 91.0 Å². The molecule has 1 aliphatic rings. The summed E-state index contributed by atoms with van der Waals surface area (Å²) in [5.41, 5.74) is 1.38. The molecule has 0 saturated carbocycles. The minimum atomic E-state index is -0.570. The van der Waals surface area contributed by atoms with Crippen molar-refractivity contribution in [1.82, 2.24) is 0 Å². The lowest BCUT2D eigenvalue weighted by atomic mass is 10.2. The molecule has 0 N–H and O–H groups in total. The molecule has 1 aliphatic heterocycles. The summed E-state index contributed by atoms with van der Waals surface area (Å²) in [6.45, 7) is 0. The molecule has 0 bridgehead atoms. The number of non-ortho nitro benzene ring substituents is 1. The minimum Gasteiger partial charge on any atom is -0.497 e. The van der Waals surface area contributed by atoms with E-state index in [1.54, 1.807) is 37.5 Å². The summed E-state index contributed by atoms with van der Waals surface area (Å²) >= 11 is 0. The quantitative estimate of drug-likeness (QED) is 0.373. The molecule has 2 aromatic rings. The largest absolute Gasteiger partial charge is 0.497 e. The van der Waals surface area contributed by atoms with Gasteiger partial charge in [-0.2, -0.15) is 0 Å². The van der Waals surface area contributed by atoms with Crippen LogP contribution in [0.25, 0.3) is 6.08 Å². The predicted octanol–water partition coefficient (Wildman–Crippen LogP) is 2.95. The van der Waals surface area contributed by atoms with Crippen LogP contribution in [0.2, 0.25) is 0 Å². The number of hydrogen-bond donors (Lipinski definition) is 0. The summed E-state index contributed by atoms with van der Waals surface area (Å²) in [6.07, 6.45) is 1.60. The smallest absolute Gasteiger partial charge is 0.363 e.